The molecular formula is C20H27F2N3O2. The highest BCUT2D eigenvalue weighted by molar-refractivity contribution is 5.98. The molecule has 2 amide bonds. The predicted octanol–water partition coefficient (Wildman–Crippen LogP) is 2.18. The van der Waals surface area contributed by atoms with Gasteiger partial charge in [0, 0.05) is 13.1 Å². The highest BCUT2D eigenvalue weighted by Gasteiger charge is 2.35. The highest BCUT2D eigenvalue weighted by Crippen LogP contribution is 2.27. The highest BCUT2D eigenvalue weighted by atomic mass is 19.1. The van der Waals surface area contributed by atoms with Crippen molar-refractivity contribution in [2.75, 3.05) is 26.2 Å². The van der Waals surface area contributed by atoms with Crippen molar-refractivity contribution >= 4 is 11.8 Å². The maximum atomic E-state index is 13.9. The van der Waals surface area contributed by atoms with Gasteiger partial charge in [0.15, 0.2) is 0 Å². The molecule has 27 heavy (non-hydrogen) atoms. The number of nitrogens with one attached hydrogen (secondary N) is 2. The molecule has 0 aromatic heterocycles. The van der Waals surface area contributed by atoms with Crippen LogP contribution < -0.4 is 10.6 Å². The monoisotopic (exact) mass is 379 g/mol. The van der Waals surface area contributed by atoms with Gasteiger partial charge < -0.3 is 15.5 Å². The molecule has 2 heterocycles. The van der Waals surface area contributed by atoms with Gasteiger partial charge in [-0.2, -0.15) is 0 Å². The van der Waals surface area contributed by atoms with Crippen LogP contribution in [0.4, 0.5) is 8.78 Å². The Morgan fingerprint density at radius 3 is 2.19 bits per heavy atom. The van der Waals surface area contributed by atoms with Gasteiger partial charge in [-0.15, -0.1) is 0 Å². The van der Waals surface area contributed by atoms with Crippen molar-refractivity contribution in [3.05, 3.63) is 35.4 Å². The largest absolute Gasteiger partial charge is 0.341 e. The number of fused-ring (bicyclic) bond motifs is 1. The molecule has 2 saturated heterocycles. The number of benzene rings is 1. The van der Waals surface area contributed by atoms with E-state index in [4.69, 9.17) is 0 Å². The van der Waals surface area contributed by atoms with Gasteiger partial charge in [0.2, 0.25) is 5.91 Å². The van der Waals surface area contributed by atoms with Crippen LogP contribution in [0, 0.1) is 29.4 Å². The Kier molecular flexibility index (Phi) is 6.09. The molecule has 7 heteroatoms. The van der Waals surface area contributed by atoms with E-state index in [9.17, 15) is 18.4 Å². The first-order chi connectivity index (χ1) is 12.9. The van der Waals surface area contributed by atoms with E-state index in [0.29, 0.717) is 24.9 Å². The molecule has 5 nitrogen and oxygen atoms in total. The normalized spacial score (nSPS) is 23.7. The van der Waals surface area contributed by atoms with Crippen LogP contribution in [0.2, 0.25) is 0 Å². The first-order valence-corrected chi connectivity index (χ1v) is 9.63. The van der Waals surface area contributed by atoms with E-state index in [-0.39, 0.29) is 11.8 Å². The van der Waals surface area contributed by atoms with E-state index in [1.807, 2.05) is 13.8 Å². The van der Waals surface area contributed by atoms with Crippen molar-refractivity contribution < 1.29 is 18.4 Å². The fourth-order valence-corrected chi connectivity index (χ4v) is 4.08. The topological polar surface area (TPSA) is 61.4 Å². The maximum absolute atomic E-state index is 13.9. The summed E-state index contributed by atoms with van der Waals surface area (Å²) in [6, 6.07) is 2.46. The SMILES string of the molecule is CC(C)[C@H](NC(=O)c1c(F)cccc1F)C(=O)N1CC[C@@H]2CNC[C@@H]2CC1. The number of carbonyl (C=O) groups excluding carboxylic acids is 2. The lowest BCUT2D eigenvalue weighted by Crippen LogP contribution is -2.51. The molecule has 2 aliphatic heterocycles. The van der Waals surface area contributed by atoms with Gasteiger partial charge in [0.1, 0.15) is 23.2 Å². The zero-order chi connectivity index (χ0) is 19.6. The molecule has 148 valence electrons. The van der Waals surface area contributed by atoms with Gasteiger partial charge >= 0.3 is 0 Å². The lowest BCUT2D eigenvalue weighted by molar-refractivity contribution is -0.134. The van der Waals surface area contributed by atoms with Crippen LogP contribution in [-0.2, 0) is 4.79 Å². The van der Waals surface area contributed by atoms with E-state index >= 15 is 0 Å². The standard InChI is InChI=1S/C20H27F2N3O2/c1-12(2)18(24-19(26)17-15(21)4-3-5-16(17)22)20(27)25-8-6-13-10-23-11-14(13)7-9-25/h3-5,12-14,18,23H,6-11H2,1-2H3,(H,24,26)/t13-,14+,18-/m0/s1. The average molecular weight is 379 g/mol. The number of halogens is 2. The molecule has 0 saturated carbocycles. The molecule has 0 radical (unpaired) electrons. The van der Waals surface area contributed by atoms with Gasteiger partial charge in [0.05, 0.1) is 0 Å². The summed E-state index contributed by atoms with van der Waals surface area (Å²) in [4.78, 5) is 27.3. The van der Waals surface area contributed by atoms with Crippen LogP contribution in [-0.4, -0.2) is 48.9 Å². The molecule has 0 spiro atoms. The number of amides is 2. The number of nitrogens with zero attached hydrogens (tertiary/aromatic N) is 1. The summed E-state index contributed by atoms with van der Waals surface area (Å²) in [6.07, 6.45) is 1.87. The first kappa shape index (κ1) is 19.7. The summed E-state index contributed by atoms with van der Waals surface area (Å²) >= 11 is 0. The number of rotatable bonds is 4. The third kappa shape index (κ3) is 4.29. The molecule has 0 unspecified atom stereocenters. The van der Waals surface area contributed by atoms with Crippen LogP contribution in [0.1, 0.15) is 37.0 Å². The Bertz CT molecular complexity index is 676. The van der Waals surface area contributed by atoms with E-state index in [0.717, 1.165) is 38.1 Å². The fourth-order valence-electron chi connectivity index (χ4n) is 4.08. The molecule has 3 atom stereocenters. The molecule has 0 aliphatic carbocycles. The van der Waals surface area contributed by atoms with Crippen molar-refractivity contribution in [2.24, 2.45) is 17.8 Å². The van der Waals surface area contributed by atoms with E-state index in [2.05, 4.69) is 10.6 Å². The summed E-state index contributed by atoms with van der Waals surface area (Å²) in [6.45, 7) is 6.91. The summed E-state index contributed by atoms with van der Waals surface area (Å²) in [5.74, 6) is -1.96. The number of likely N-dealkylation sites (tertiary alicyclic amines) is 1. The Labute approximate surface area is 158 Å². The van der Waals surface area contributed by atoms with Gasteiger partial charge in [-0.1, -0.05) is 19.9 Å². The van der Waals surface area contributed by atoms with Crippen LogP contribution >= 0.6 is 0 Å². The second-order valence-electron chi connectivity index (χ2n) is 7.87. The minimum atomic E-state index is -0.933. The van der Waals surface area contributed by atoms with Gasteiger partial charge in [-0.3, -0.25) is 9.59 Å². The predicted molar refractivity (Wildman–Crippen MR) is 98.1 cm³/mol. The maximum Gasteiger partial charge on any atom is 0.257 e. The van der Waals surface area contributed by atoms with Crippen molar-refractivity contribution in [1.29, 1.82) is 0 Å². The molecule has 0 bridgehead atoms. The number of hydrogen-bond acceptors (Lipinski definition) is 3. The van der Waals surface area contributed by atoms with Gasteiger partial charge in [0.25, 0.3) is 5.91 Å². The third-order valence-electron chi connectivity index (χ3n) is 5.74. The molecule has 1 aromatic carbocycles. The molecule has 2 N–H and O–H groups in total. The minimum absolute atomic E-state index is 0.178. The zero-order valence-corrected chi connectivity index (χ0v) is 15.8. The number of hydrogen-bond donors (Lipinski definition) is 2. The minimum Gasteiger partial charge on any atom is -0.341 e. The lowest BCUT2D eigenvalue weighted by Gasteiger charge is -2.29. The second kappa shape index (κ2) is 8.33. The summed E-state index contributed by atoms with van der Waals surface area (Å²) in [5, 5.41) is 5.96. The van der Waals surface area contributed by atoms with Crippen molar-refractivity contribution in [1.82, 2.24) is 15.5 Å². The summed E-state index contributed by atoms with van der Waals surface area (Å²) in [5.41, 5.74) is -0.646. The van der Waals surface area contributed by atoms with Crippen LogP contribution in [0.25, 0.3) is 0 Å². The van der Waals surface area contributed by atoms with Gasteiger partial charge in [-0.25, -0.2) is 8.78 Å². The van der Waals surface area contributed by atoms with Crippen LogP contribution in [0.3, 0.4) is 0 Å². The molecule has 3 rings (SSSR count). The Morgan fingerprint density at radius 2 is 1.67 bits per heavy atom. The molecular weight excluding hydrogens is 352 g/mol. The van der Waals surface area contributed by atoms with Crippen LogP contribution in [0.5, 0.6) is 0 Å². The number of carbonyl (C=O) groups is 2. The Morgan fingerprint density at radius 1 is 1.11 bits per heavy atom. The van der Waals surface area contributed by atoms with Crippen molar-refractivity contribution in [2.45, 2.75) is 32.7 Å². The Balaban J connectivity index is 1.71. The molecule has 2 fully saturated rings. The third-order valence-corrected chi connectivity index (χ3v) is 5.74. The van der Waals surface area contributed by atoms with Gasteiger partial charge in [-0.05, 0) is 55.8 Å². The molecule has 2 aliphatic rings. The first-order valence-electron chi connectivity index (χ1n) is 9.63. The summed E-state index contributed by atoms with van der Waals surface area (Å²) in [7, 11) is 0. The van der Waals surface area contributed by atoms with E-state index in [1.165, 1.54) is 6.07 Å². The van der Waals surface area contributed by atoms with E-state index in [1.54, 1.807) is 4.90 Å². The average Bonchev–Trinajstić information content (AvgIpc) is 2.97. The van der Waals surface area contributed by atoms with Crippen molar-refractivity contribution in [3.8, 4) is 0 Å². The zero-order valence-electron chi connectivity index (χ0n) is 15.8. The molecule has 1 aromatic rings. The Hall–Kier alpha value is -2.02. The second-order valence-corrected chi connectivity index (χ2v) is 7.87. The summed E-state index contributed by atoms with van der Waals surface area (Å²) < 4.78 is 27.8. The smallest absolute Gasteiger partial charge is 0.257 e. The fraction of sp³-hybridized carbons (Fsp3) is 0.600. The van der Waals surface area contributed by atoms with Crippen LogP contribution in [0.15, 0.2) is 18.2 Å². The van der Waals surface area contributed by atoms with E-state index < -0.39 is 29.1 Å². The van der Waals surface area contributed by atoms with Crippen molar-refractivity contribution in [3.63, 3.8) is 0 Å². The quantitative estimate of drug-likeness (QED) is 0.843. The lowest BCUT2D eigenvalue weighted by atomic mass is 9.92.